The molecule has 2 amide bonds. The van der Waals surface area contributed by atoms with Gasteiger partial charge in [0, 0.05) is 24.3 Å². The molecule has 2 heterocycles. The molecule has 1 saturated heterocycles. The van der Waals surface area contributed by atoms with Crippen molar-refractivity contribution in [1.82, 2.24) is 0 Å². The smallest absolute Gasteiger partial charge is 0.414 e. The Labute approximate surface area is 181 Å². The third-order valence-corrected chi connectivity index (χ3v) is 5.83. The predicted molar refractivity (Wildman–Crippen MR) is 121 cm³/mol. The molecule has 6 nitrogen and oxygen atoms in total. The lowest BCUT2D eigenvalue weighted by molar-refractivity contribution is 0.102. The number of nitrogens with one attached hydrogen (secondary N) is 1. The van der Waals surface area contributed by atoms with Gasteiger partial charge in [0.05, 0.1) is 17.9 Å². The maximum absolute atomic E-state index is 12.9. The molecule has 0 saturated carbocycles. The SMILES string of the molecule is O=C(Nc1ccccc1N1CCOC1=O)c1ccc(N2CCc3ccccc3C2)cc1. The molecule has 156 valence electrons. The molecule has 0 atom stereocenters. The van der Waals surface area contributed by atoms with Gasteiger partial charge in [-0.2, -0.15) is 0 Å². The van der Waals surface area contributed by atoms with E-state index in [1.54, 1.807) is 12.1 Å². The summed E-state index contributed by atoms with van der Waals surface area (Å²) in [4.78, 5) is 28.7. The van der Waals surface area contributed by atoms with Crippen molar-refractivity contribution in [3.8, 4) is 0 Å². The molecule has 3 aromatic carbocycles. The van der Waals surface area contributed by atoms with E-state index in [4.69, 9.17) is 4.74 Å². The first-order valence-corrected chi connectivity index (χ1v) is 10.5. The Morgan fingerprint density at radius 1 is 0.871 bits per heavy atom. The van der Waals surface area contributed by atoms with Gasteiger partial charge in [-0.05, 0) is 53.9 Å². The number of anilines is 3. The molecule has 3 aromatic rings. The zero-order valence-electron chi connectivity index (χ0n) is 17.1. The third-order valence-electron chi connectivity index (χ3n) is 5.83. The van der Waals surface area contributed by atoms with Crippen molar-refractivity contribution in [2.45, 2.75) is 13.0 Å². The van der Waals surface area contributed by atoms with Crippen molar-refractivity contribution in [2.24, 2.45) is 0 Å². The number of cyclic esters (lactones) is 1. The van der Waals surface area contributed by atoms with Crippen molar-refractivity contribution in [3.05, 3.63) is 89.5 Å². The summed E-state index contributed by atoms with van der Waals surface area (Å²) in [5.74, 6) is -0.212. The van der Waals surface area contributed by atoms with Crippen LogP contribution in [0.15, 0.2) is 72.8 Å². The fourth-order valence-corrected chi connectivity index (χ4v) is 4.16. The normalized spacial score (nSPS) is 15.4. The lowest BCUT2D eigenvalue weighted by Crippen LogP contribution is -2.30. The lowest BCUT2D eigenvalue weighted by Gasteiger charge is -2.30. The molecule has 0 aliphatic carbocycles. The first-order chi connectivity index (χ1) is 15.2. The summed E-state index contributed by atoms with van der Waals surface area (Å²) in [5.41, 5.74) is 5.67. The molecular formula is C25H23N3O3. The van der Waals surface area contributed by atoms with Crippen LogP contribution in [0.3, 0.4) is 0 Å². The molecule has 1 N–H and O–H groups in total. The highest BCUT2D eigenvalue weighted by atomic mass is 16.6. The predicted octanol–water partition coefficient (Wildman–Crippen LogP) is 4.46. The fourth-order valence-electron chi connectivity index (χ4n) is 4.16. The zero-order chi connectivity index (χ0) is 21.2. The minimum atomic E-state index is -0.394. The second-order valence-electron chi connectivity index (χ2n) is 7.72. The largest absolute Gasteiger partial charge is 0.447 e. The molecule has 0 spiro atoms. The molecule has 0 aromatic heterocycles. The summed E-state index contributed by atoms with van der Waals surface area (Å²) in [5, 5.41) is 2.93. The summed E-state index contributed by atoms with van der Waals surface area (Å²) >= 11 is 0. The summed E-state index contributed by atoms with van der Waals surface area (Å²) in [6.07, 6.45) is 0.628. The summed E-state index contributed by atoms with van der Waals surface area (Å²) in [7, 11) is 0. The van der Waals surface area contributed by atoms with Crippen LogP contribution >= 0.6 is 0 Å². The van der Waals surface area contributed by atoms with Gasteiger partial charge in [0.2, 0.25) is 0 Å². The van der Waals surface area contributed by atoms with Gasteiger partial charge in [-0.15, -0.1) is 0 Å². The molecule has 0 unspecified atom stereocenters. The number of benzene rings is 3. The Kier molecular flexibility index (Phi) is 5.04. The average molecular weight is 413 g/mol. The molecule has 0 bridgehead atoms. The van der Waals surface area contributed by atoms with E-state index in [9.17, 15) is 9.59 Å². The number of hydrogen-bond acceptors (Lipinski definition) is 4. The van der Waals surface area contributed by atoms with Crippen molar-refractivity contribution in [1.29, 1.82) is 0 Å². The number of amides is 2. The molecule has 2 aliphatic rings. The van der Waals surface area contributed by atoms with Crippen molar-refractivity contribution in [2.75, 3.05) is 34.8 Å². The quantitative estimate of drug-likeness (QED) is 0.686. The van der Waals surface area contributed by atoms with Crippen LogP contribution in [0.1, 0.15) is 21.5 Å². The highest BCUT2D eigenvalue weighted by Gasteiger charge is 2.26. The van der Waals surface area contributed by atoms with Gasteiger partial charge in [0.1, 0.15) is 6.61 Å². The van der Waals surface area contributed by atoms with E-state index in [-0.39, 0.29) is 5.91 Å². The van der Waals surface area contributed by atoms with Crippen LogP contribution in [0.25, 0.3) is 0 Å². The number of hydrogen-bond donors (Lipinski definition) is 1. The van der Waals surface area contributed by atoms with Gasteiger partial charge in [-0.3, -0.25) is 9.69 Å². The van der Waals surface area contributed by atoms with Gasteiger partial charge < -0.3 is 15.0 Å². The molecule has 5 rings (SSSR count). The molecule has 0 radical (unpaired) electrons. The summed E-state index contributed by atoms with van der Waals surface area (Å²) in [6.45, 7) is 2.66. The van der Waals surface area contributed by atoms with Crippen LogP contribution in [-0.4, -0.2) is 31.7 Å². The monoisotopic (exact) mass is 413 g/mol. The summed E-state index contributed by atoms with van der Waals surface area (Å²) < 4.78 is 5.03. The maximum atomic E-state index is 12.9. The van der Waals surface area contributed by atoms with Gasteiger partial charge in [0.25, 0.3) is 5.91 Å². The van der Waals surface area contributed by atoms with Crippen molar-refractivity contribution >= 4 is 29.1 Å². The third kappa shape index (κ3) is 3.84. The van der Waals surface area contributed by atoms with Gasteiger partial charge >= 0.3 is 6.09 Å². The van der Waals surface area contributed by atoms with E-state index in [0.717, 1.165) is 25.2 Å². The van der Waals surface area contributed by atoms with Gasteiger partial charge in [-0.25, -0.2) is 4.79 Å². The maximum Gasteiger partial charge on any atom is 0.414 e. The molecule has 31 heavy (non-hydrogen) atoms. The lowest BCUT2D eigenvalue weighted by atomic mass is 9.99. The minimum absolute atomic E-state index is 0.212. The fraction of sp³-hybridized carbons (Fsp3) is 0.200. The molecule has 2 aliphatic heterocycles. The number of fused-ring (bicyclic) bond motifs is 1. The van der Waals surface area contributed by atoms with E-state index < -0.39 is 6.09 Å². The number of nitrogens with zero attached hydrogens (tertiary/aromatic N) is 2. The Bertz CT molecular complexity index is 1130. The Morgan fingerprint density at radius 2 is 1.61 bits per heavy atom. The Morgan fingerprint density at radius 3 is 2.39 bits per heavy atom. The van der Waals surface area contributed by atoms with Crippen molar-refractivity contribution in [3.63, 3.8) is 0 Å². The Balaban J connectivity index is 1.30. The molecule has 1 fully saturated rings. The van der Waals surface area contributed by atoms with Gasteiger partial charge in [0.15, 0.2) is 0 Å². The van der Waals surface area contributed by atoms with Crippen molar-refractivity contribution < 1.29 is 14.3 Å². The second kappa shape index (κ2) is 8.14. The van der Waals surface area contributed by atoms with Crippen LogP contribution in [-0.2, 0) is 17.7 Å². The Hall–Kier alpha value is -3.80. The summed E-state index contributed by atoms with van der Waals surface area (Å²) in [6, 6.07) is 23.5. The highest BCUT2D eigenvalue weighted by Crippen LogP contribution is 2.29. The molecular weight excluding hydrogens is 390 g/mol. The number of carbonyl (C=O) groups is 2. The van der Waals surface area contributed by atoms with Crippen LogP contribution in [0.5, 0.6) is 0 Å². The van der Waals surface area contributed by atoms with Gasteiger partial charge in [-0.1, -0.05) is 36.4 Å². The number of para-hydroxylation sites is 2. The van der Waals surface area contributed by atoms with Crippen LogP contribution in [0.2, 0.25) is 0 Å². The zero-order valence-corrected chi connectivity index (χ0v) is 17.1. The van der Waals surface area contributed by atoms with E-state index in [1.807, 2.05) is 36.4 Å². The number of rotatable bonds is 4. The first-order valence-electron chi connectivity index (χ1n) is 10.5. The van der Waals surface area contributed by atoms with E-state index in [1.165, 1.54) is 16.0 Å². The molecule has 6 heteroatoms. The minimum Gasteiger partial charge on any atom is -0.447 e. The van der Waals surface area contributed by atoms with Crippen LogP contribution in [0, 0.1) is 0 Å². The first kappa shape index (κ1) is 19.2. The average Bonchev–Trinajstić information content (AvgIpc) is 3.25. The van der Waals surface area contributed by atoms with Crippen LogP contribution < -0.4 is 15.1 Å². The number of carbonyl (C=O) groups excluding carboxylic acids is 2. The standard InChI is InChI=1S/C25H23N3O3/c29-24(26-22-7-3-4-8-23(22)28-15-16-31-25(28)30)19-9-11-21(12-10-19)27-14-13-18-5-1-2-6-20(18)17-27/h1-12H,13-17H2,(H,26,29). The number of ether oxygens (including phenoxy) is 1. The highest BCUT2D eigenvalue weighted by molar-refractivity contribution is 6.07. The van der Waals surface area contributed by atoms with E-state index >= 15 is 0 Å². The van der Waals surface area contributed by atoms with E-state index in [0.29, 0.717) is 30.1 Å². The topological polar surface area (TPSA) is 61.9 Å². The second-order valence-corrected chi connectivity index (χ2v) is 7.72. The van der Waals surface area contributed by atoms with Crippen LogP contribution in [0.4, 0.5) is 21.9 Å². The van der Waals surface area contributed by atoms with E-state index in [2.05, 4.69) is 34.5 Å².